The van der Waals surface area contributed by atoms with Gasteiger partial charge in [-0.05, 0) is 26.6 Å². The van der Waals surface area contributed by atoms with Crippen molar-refractivity contribution in [2.45, 2.75) is 32.4 Å². The second-order valence-corrected chi connectivity index (χ2v) is 5.23. The molecule has 0 bridgehead atoms. The highest BCUT2D eigenvalue weighted by Crippen LogP contribution is 2.02. The van der Waals surface area contributed by atoms with Crippen LogP contribution in [-0.2, 0) is 4.79 Å². The van der Waals surface area contributed by atoms with Gasteiger partial charge in [-0.15, -0.1) is 0 Å². The molecular formula is C12H26N4O. The quantitative estimate of drug-likeness (QED) is 0.681. The number of hydrogen-bond donors (Lipinski definition) is 2. The first kappa shape index (κ1) is 14.4. The standard InChI is InChI=1S/C12H26N4O/c1-10(2)14-11(12(13)17)9-16-6-4-5-15(3)7-8-16/h10-11,14H,4-9H2,1-3H3,(H2,13,17). The van der Waals surface area contributed by atoms with Crippen LogP contribution in [0.25, 0.3) is 0 Å². The number of primary amides is 1. The van der Waals surface area contributed by atoms with E-state index >= 15 is 0 Å². The summed E-state index contributed by atoms with van der Waals surface area (Å²) in [6.07, 6.45) is 1.16. The van der Waals surface area contributed by atoms with E-state index in [9.17, 15) is 4.79 Å². The number of nitrogens with one attached hydrogen (secondary N) is 1. The Balaban J connectivity index is 2.45. The normalized spacial score (nSPS) is 21.4. The van der Waals surface area contributed by atoms with Gasteiger partial charge >= 0.3 is 0 Å². The lowest BCUT2D eigenvalue weighted by molar-refractivity contribution is -0.120. The fourth-order valence-electron chi connectivity index (χ4n) is 2.17. The molecule has 1 aliphatic heterocycles. The second-order valence-electron chi connectivity index (χ2n) is 5.23. The van der Waals surface area contributed by atoms with Crippen molar-refractivity contribution in [3.63, 3.8) is 0 Å². The molecule has 0 aliphatic carbocycles. The number of likely N-dealkylation sites (N-methyl/N-ethyl adjacent to an activating group) is 1. The Morgan fingerprint density at radius 2 is 2.00 bits per heavy atom. The molecule has 17 heavy (non-hydrogen) atoms. The van der Waals surface area contributed by atoms with E-state index in [1.807, 2.05) is 13.8 Å². The van der Waals surface area contributed by atoms with Crippen LogP contribution in [0.15, 0.2) is 0 Å². The van der Waals surface area contributed by atoms with Gasteiger partial charge in [0.25, 0.3) is 0 Å². The van der Waals surface area contributed by atoms with Gasteiger partial charge in [0, 0.05) is 25.7 Å². The van der Waals surface area contributed by atoms with Gasteiger partial charge in [-0.25, -0.2) is 0 Å². The van der Waals surface area contributed by atoms with E-state index in [2.05, 4.69) is 22.2 Å². The third-order valence-electron chi connectivity index (χ3n) is 3.13. The Hall–Kier alpha value is -0.650. The molecule has 0 radical (unpaired) electrons. The Kier molecular flexibility index (Phi) is 5.88. The molecule has 1 atom stereocenters. The van der Waals surface area contributed by atoms with Crippen molar-refractivity contribution in [1.82, 2.24) is 15.1 Å². The fraction of sp³-hybridized carbons (Fsp3) is 0.917. The lowest BCUT2D eigenvalue weighted by Crippen LogP contribution is -2.51. The number of carbonyl (C=O) groups is 1. The minimum absolute atomic E-state index is 0.238. The van der Waals surface area contributed by atoms with Crippen LogP contribution in [-0.4, -0.2) is 67.6 Å². The Morgan fingerprint density at radius 3 is 2.59 bits per heavy atom. The summed E-state index contributed by atoms with van der Waals surface area (Å²) in [5, 5.41) is 3.23. The monoisotopic (exact) mass is 242 g/mol. The van der Waals surface area contributed by atoms with Gasteiger partial charge in [-0.3, -0.25) is 9.69 Å². The van der Waals surface area contributed by atoms with Crippen LogP contribution < -0.4 is 11.1 Å². The van der Waals surface area contributed by atoms with Gasteiger partial charge in [0.05, 0.1) is 6.04 Å². The molecule has 0 aromatic carbocycles. The number of hydrogen-bond acceptors (Lipinski definition) is 4. The molecule has 0 saturated carbocycles. The molecule has 1 amide bonds. The van der Waals surface area contributed by atoms with E-state index in [4.69, 9.17) is 5.73 Å². The van der Waals surface area contributed by atoms with Gasteiger partial charge in [0.2, 0.25) is 5.91 Å². The first-order chi connectivity index (χ1) is 7.99. The molecule has 100 valence electrons. The summed E-state index contributed by atoms with van der Waals surface area (Å²) >= 11 is 0. The Bertz CT molecular complexity index is 245. The van der Waals surface area contributed by atoms with E-state index in [0.29, 0.717) is 0 Å². The summed E-state index contributed by atoms with van der Waals surface area (Å²) in [5.41, 5.74) is 5.43. The summed E-state index contributed by atoms with van der Waals surface area (Å²) in [6.45, 7) is 9.05. The summed E-state index contributed by atoms with van der Waals surface area (Å²) in [7, 11) is 2.14. The highest BCUT2D eigenvalue weighted by molar-refractivity contribution is 5.80. The molecule has 1 unspecified atom stereocenters. The minimum Gasteiger partial charge on any atom is -0.368 e. The van der Waals surface area contributed by atoms with Crippen LogP contribution in [0.4, 0.5) is 0 Å². The van der Waals surface area contributed by atoms with Crippen molar-refractivity contribution in [2.24, 2.45) is 5.73 Å². The molecule has 5 nitrogen and oxygen atoms in total. The second kappa shape index (κ2) is 6.93. The van der Waals surface area contributed by atoms with Gasteiger partial charge in [-0.2, -0.15) is 0 Å². The van der Waals surface area contributed by atoms with Crippen LogP contribution in [0.1, 0.15) is 20.3 Å². The van der Waals surface area contributed by atoms with Crippen molar-refractivity contribution in [2.75, 3.05) is 39.8 Å². The Morgan fingerprint density at radius 1 is 1.29 bits per heavy atom. The molecule has 0 spiro atoms. The van der Waals surface area contributed by atoms with Crippen molar-refractivity contribution >= 4 is 5.91 Å². The van der Waals surface area contributed by atoms with Crippen molar-refractivity contribution in [1.29, 1.82) is 0 Å². The number of amides is 1. The zero-order chi connectivity index (χ0) is 12.8. The third-order valence-corrected chi connectivity index (χ3v) is 3.13. The van der Waals surface area contributed by atoms with Crippen molar-refractivity contribution in [3.05, 3.63) is 0 Å². The lowest BCUT2D eigenvalue weighted by atomic mass is 10.2. The lowest BCUT2D eigenvalue weighted by Gasteiger charge is -2.26. The fourth-order valence-corrected chi connectivity index (χ4v) is 2.17. The zero-order valence-electron chi connectivity index (χ0n) is 11.3. The van der Waals surface area contributed by atoms with Gasteiger partial charge in [-0.1, -0.05) is 13.8 Å². The molecule has 0 aromatic rings. The van der Waals surface area contributed by atoms with E-state index < -0.39 is 0 Å². The number of nitrogens with zero attached hydrogens (tertiary/aromatic N) is 2. The van der Waals surface area contributed by atoms with Crippen LogP contribution in [0, 0.1) is 0 Å². The number of nitrogens with two attached hydrogens (primary N) is 1. The Labute approximate surface area is 104 Å². The van der Waals surface area contributed by atoms with E-state index in [1.165, 1.54) is 0 Å². The van der Waals surface area contributed by atoms with Gasteiger partial charge in [0.15, 0.2) is 0 Å². The first-order valence-electron chi connectivity index (χ1n) is 6.45. The van der Waals surface area contributed by atoms with Crippen LogP contribution in [0.5, 0.6) is 0 Å². The molecule has 3 N–H and O–H groups in total. The smallest absolute Gasteiger partial charge is 0.235 e. The minimum atomic E-state index is -0.253. The van der Waals surface area contributed by atoms with Crippen LogP contribution >= 0.6 is 0 Å². The number of carbonyl (C=O) groups excluding carboxylic acids is 1. The van der Waals surface area contributed by atoms with E-state index in [-0.39, 0.29) is 18.0 Å². The van der Waals surface area contributed by atoms with Crippen LogP contribution in [0.3, 0.4) is 0 Å². The molecule has 1 saturated heterocycles. The van der Waals surface area contributed by atoms with Gasteiger partial charge in [0.1, 0.15) is 0 Å². The van der Waals surface area contributed by atoms with Gasteiger partial charge < -0.3 is 16.0 Å². The molecule has 1 rings (SSSR count). The zero-order valence-corrected chi connectivity index (χ0v) is 11.3. The van der Waals surface area contributed by atoms with E-state index in [1.54, 1.807) is 0 Å². The molecule has 1 heterocycles. The van der Waals surface area contributed by atoms with Crippen LogP contribution in [0.2, 0.25) is 0 Å². The highest BCUT2D eigenvalue weighted by Gasteiger charge is 2.21. The number of rotatable bonds is 5. The largest absolute Gasteiger partial charge is 0.368 e. The van der Waals surface area contributed by atoms with Crippen molar-refractivity contribution < 1.29 is 4.79 Å². The maximum atomic E-state index is 11.4. The summed E-state index contributed by atoms with van der Waals surface area (Å²) < 4.78 is 0. The maximum Gasteiger partial charge on any atom is 0.235 e. The SMILES string of the molecule is CC(C)NC(CN1CCCN(C)CC1)C(N)=O. The molecule has 1 fully saturated rings. The first-order valence-corrected chi connectivity index (χ1v) is 6.45. The average molecular weight is 242 g/mol. The highest BCUT2D eigenvalue weighted by atomic mass is 16.1. The molecule has 5 heteroatoms. The topological polar surface area (TPSA) is 61.6 Å². The predicted octanol–water partition coefficient (Wildman–Crippen LogP) is -0.524. The van der Waals surface area contributed by atoms with E-state index in [0.717, 1.165) is 39.1 Å². The maximum absolute atomic E-state index is 11.4. The summed E-state index contributed by atoms with van der Waals surface area (Å²) in [4.78, 5) is 16.0. The molecule has 0 aromatic heterocycles. The third kappa shape index (κ3) is 5.48. The molecule has 1 aliphatic rings. The predicted molar refractivity (Wildman–Crippen MR) is 69.8 cm³/mol. The van der Waals surface area contributed by atoms with Crippen molar-refractivity contribution in [3.8, 4) is 0 Å². The average Bonchev–Trinajstić information content (AvgIpc) is 2.42. The summed E-state index contributed by atoms with van der Waals surface area (Å²) in [6, 6.07) is 0.0422. The molecular weight excluding hydrogens is 216 g/mol. The summed E-state index contributed by atoms with van der Waals surface area (Å²) in [5.74, 6) is -0.253.